The molecule has 3 amide bonds. The smallest absolute Gasteiger partial charge is 0.261 e. The van der Waals surface area contributed by atoms with Gasteiger partial charge in [0.15, 0.2) is 6.61 Å². The highest BCUT2D eigenvalue weighted by atomic mass is 32.1. The second kappa shape index (κ2) is 11.3. The van der Waals surface area contributed by atoms with Crippen molar-refractivity contribution in [3.05, 3.63) is 108 Å². The lowest BCUT2D eigenvalue weighted by Crippen LogP contribution is -2.46. The zero-order valence-electron chi connectivity index (χ0n) is 22.3. The fourth-order valence-corrected chi connectivity index (χ4v) is 5.91. The highest BCUT2D eigenvalue weighted by Gasteiger charge is 2.44. The van der Waals surface area contributed by atoms with Gasteiger partial charge >= 0.3 is 0 Å². The molecule has 8 nitrogen and oxygen atoms in total. The molecule has 1 atom stereocenters. The van der Waals surface area contributed by atoms with Crippen molar-refractivity contribution in [2.24, 2.45) is 0 Å². The minimum absolute atomic E-state index is 0.116. The van der Waals surface area contributed by atoms with Gasteiger partial charge in [0.2, 0.25) is 5.91 Å². The molecule has 0 saturated carbocycles. The lowest BCUT2D eigenvalue weighted by atomic mass is 10.1. The van der Waals surface area contributed by atoms with Crippen molar-refractivity contribution < 1.29 is 19.1 Å². The first kappa shape index (κ1) is 26.3. The van der Waals surface area contributed by atoms with Crippen molar-refractivity contribution in [1.82, 2.24) is 14.9 Å². The molecule has 1 aliphatic rings. The van der Waals surface area contributed by atoms with Gasteiger partial charge in [0, 0.05) is 24.5 Å². The summed E-state index contributed by atoms with van der Waals surface area (Å²) in [5, 5.41) is 0.862. The van der Waals surface area contributed by atoms with E-state index in [1.807, 2.05) is 55.5 Å². The number of ether oxygens (including phenoxy) is 1. The van der Waals surface area contributed by atoms with E-state index < -0.39 is 17.9 Å². The Kier molecular flexibility index (Phi) is 7.26. The number of fused-ring (bicyclic) bond motifs is 1. The third kappa shape index (κ3) is 5.57. The molecule has 1 unspecified atom stereocenters. The molecule has 0 aliphatic carbocycles. The molecule has 0 radical (unpaired) electrons. The Morgan fingerprint density at radius 1 is 1.02 bits per heavy atom. The first-order valence-corrected chi connectivity index (χ1v) is 14.0. The first-order valence-electron chi connectivity index (χ1n) is 13.2. The Balaban J connectivity index is 1.23. The summed E-state index contributed by atoms with van der Waals surface area (Å²) in [4.78, 5) is 51.7. The van der Waals surface area contributed by atoms with E-state index in [4.69, 9.17) is 9.72 Å². The maximum absolute atomic E-state index is 13.7. The number of hydrogen-bond acceptors (Lipinski definition) is 7. The van der Waals surface area contributed by atoms with E-state index >= 15 is 0 Å². The van der Waals surface area contributed by atoms with Crippen LogP contribution < -0.4 is 9.64 Å². The summed E-state index contributed by atoms with van der Waals surface area (Å²) in [7, 11) is 0. The molecule has 1 fully saturated rings. The number of para-hydroxylation sites is 1. The number of carbonyl (C=O) groups is 3. The van der Waals surface area contributed by atoms with E-state index in [0.717, 1.165) is 31.3 Å². The summed E-state index contributed by atoms with van der Waals surface area (Å²) in [5.41, 5.74) is 4.20. The van der Waals surface area contributed by atoms with Gasteiger partial charge in [0.1, 0.15) is 16.8 Å². The van der Waals surface area contributed by atoms with Gasteiger partial charge in [-0.25, -0.2) is 9.88 Å². The van der Waals surface area contributed by atoms with E-state index in [9.17, 15) is 14.4 Å². The van der Waals surface area contributed by atoms with E-state index in [2.05, 4.69) is 11.1 Å². The van der Waals surface area contributed by atoms with Crippen LogP contribution in [0.25, 0.3) is 20.8 Å². The number of carbonyl (C=O) groups excluding carboxylic acids is 3. The summed E-state index contributed by atoms with van der Waals surface area (Å²) < 4.78 is 6.78. The normalized spacial score (nSPS) is 15.0. The number of aromatic nitrogens is 2. The summed E-state index contributed by atoms with van der Waals surface area (Å²) >= 11 is 1.60. The van der Waals surface area contributed by atoms with Crippen LogP contribution in [0.3, 0.4) is 0 Å². The molecule has 9 heteroatoms. The number of nitrogens with zero attached hydrogens (tertiary/aromatic N) is 4. The van der Waals surface area contributed by atoms with Gasteiger partial charge < -0.3 is 9.64 Å². The van der Waals surface area contributed by atoms with Gasteiger partial charge in [0.05, 0.1) is 22.3 Å². The molecule has 1 saturated heterocycles. The molecular formula is C32H26N4O4S. The maximum atomic E-state index is 13.7. The van der Waals surface area contributed by atoms with Gasteiger partial charge in [-0.2, -0.15) is 0 Å². The Labute approximate surface area is 240 Å². The van der Waals surface area contributed by atoms with Crippen molar-refractivity contribution in [2.75, 3.05) is 11.5 Å². The number of amides is 3. The van der Waals surface area contributed by atoms with Crippen molar-refractivity contribution in [3.63, 3.8) is 0 Å². The highest BCUT2D eigenvalue weighted by molar-refractivity contribution is 7.21. The maximum Gasteiger partial charge on any atom is 0.261 e. The fraction of sp³-hybridized carbons (Fsp3) is 0.156. The quantitative estimate of drug-likeness (QED) is 0.235. The number of anilines is 1. The Hall–Kier alpha value is -4.89. The van der Waals surface area contributed by atoms with Crippen LogP contribution in [-0.4, -0.2) is 45.2 Å². The van der Waals surface area contributed by atoms with Crippen LogP contribution in [0.5, 0.6) is 5.75 Å². The largest absolute Gasteiger partial charge is 0.484 e. The molecule has 41 heavy (non-hydrogen) atoms. The van der Waals surface area contributed by atoms with Gasteiger partial charge in [-0.1, -0.05) is 30.3 Å². The molecule has 2 aromatic heterocycles. The Bertz CT molecular complexity index is 1720. The predicted molar refractivity (Wildman–Crippen MR) is 157 cm³/mol. The van der Waals surface area contributed by atoms with Crippen LogP contribution in [-0.2, 0) is 20.9 Å². The monoisotopic (exact) mass is 562 g/mol. The van der Waals surface area contributed by atoms with Gasteiger partial charge in [-0.05, 0) is 72.6 Å². The van der Waals surface area contributed by atoms with Gasteiger partial charge in [0.25, 0.3) is 11.8 Å². The third-order valence-electron chi connectivity index (χ3n) is 6.92. The van der Waals surface area contributed by atoms with E-state index in [1.54, 1.807) is 54.1 Å². The lowest BCUT2D eigenvalue weighted by Gasteiger charge is -2.27. The number of benzene rings is 3. The van der Waals surface area contributed by atoms with Crippen molar-refractivity contribution in [3.8, 4) is 16.3 Å². The Morgan fingerprint density at radius 3 is 2.59 bits per heavy atom. The molecule has 5 aromatic rings. The van der Waals surface area contributed by atoms with Crippen LogP contribution in [0.1, 0.15) is 17.5 Å². The van der Waals surface area contributed by atoms with Gasteiger partial charge in [-0.3, -0.25) is 19.4 Å². The minimum Gasteiger partial charge on any atom is -0.484 e. The van der Waals surface area contributed by atoms with Crippen LogP contribution in [0.4, 0.5) is 5.69 Å². The standard InChI is InChI=1S/C32H26N4O4S/c1-21-9-14-26-28(16-21)41-31(34-26)23-10-12-24(13-11-23)36-29(37)17-27(32(36)39)35(19-22-6-5-15-33-18-22)30(38)20-40-25-7-3-2-4-8-25/h2-16,18,27H,17,19-20H2,1H3. The summed E-state index contributed by atoms with van der Waals surface area (Å²) in [6.07, 6.45) is 3.16. The summed E-state index contributed by atoms with van der Waals surface area (Å²) in [6, 6.07) is 25.0. The van der Waals surface area contributed by atoms with E-state index in [0.29, 0.717) is 11.4 Å². The Morgan fingerprint density at radius 2 is 1.83 bits per heavy atom. The van der Waals surface area contributed by atoms with Crippen LogP contribution >= 0.6 is 11.3 Å². The van der Waals surface area contributed by atoms with Crippen molar-refractivity contribution >= 4 is 45.0 Å². The minimum atomic E-state index is -0.957. The molecular weight excluding hydrogens is 536 g/mol. The van der Waals surface area contributed by atoms with Crippen LogP contribution in [0, 0.1) is 6.92 Å². The SMILES string of the molecule is Cc1ccc2nc(-c3ccc(N4C(=O)CC(N(Cc5cccnc5)C(=O)COc5ccccc5)C4=O)cc3)sc2c1. The van der Waals surface area contributed by atoms with E-state index in [1.165, 1.54) is 10.5 Å². The first-order chi connectivity index (χ1) is 20.0. The number of rotatable bonds is 8. The fourth-order valence-electron chi connectivity index (χ4n) is 4.84. The number of pyridine rings is 1. The molecule has 1 aliphatic heterocycles. The molecule has 204 valence electrons. The number of imide groups is 1. The second-order valence-electron chi connectivity index (χ2n) is 9.81. The summed E-state index contributed by atoms with van der Waals surface area (Å²) in [6.45, 7) is 1.91. The number of aryl methyl sites for hydroxylation is 1. The third-order valence-corrected chi connectivity index (χ3v) is 7.98. The topological polar surface area (TPSA) is 92.7 Å². The second-order valence-corrected chi connectivity index (χ2v) is 10.8. The predicted octanol–water partition coefficient (Wildman–Crippen LogP) is 5.41. The number of hydrogen-bond donors (Lipinski definition) is 0. The van der Waals surface area contributed by atoms with Crippen molar-refractivity contribution in [2.45, 2.75) is 25.9 Å². The molecule has 6 rings (SSSR count). The highest BCUT2D eigenvalue weighted by Crippen LogP contribution is 2.33. The van der Waals surface area contributed by atoms with Gasteiger partial charge in [-0.15, -0.1) is 11.3 Å². The zero-order chi connectivity index (χ0) is 28.3. The molecule has 3 heterocycles. The average Bonchev–Trinajstić information content (AvgIpc) is 3.55. The molecule has 0 N–H and O–H groups in total. The summed E-state index contributed by atoms with van der Waals surface area (Å²) in [5.74, 6) is -0.667. The lowest BCUT2D eigenvalue weighted by molar-refractivity contribution is -0.140. The van der Waals surface area contributed by atoms with Crippen molar-refractivity contribution in [1.29, 1.82) is 0 Å². The molecule has 0 spiro atoms. The van der Waals surface area contributed by atoms with Crippen LogP contribution in [0.2, 0.25) is 0 Å². The molecule has 0 bridgehead atoms. The zero-order valence-corrected chi connectivity index (χ0v) is 23.1. The van der Waals surface area contributed by atoms with E-state index in [-0.39, 0.29) is 25.5 Å². The average molecular weight is 563 g/mol. The molecule has 3 aromatic carbocycles. The number of thiazole rings is 1. The van der Waals surface area contributed by atoms with Crippen LogP contribution in [0.15, 0.2) is 97.3 Å².